The van der Waals surface area contributed by atoms with Gasteiger partial charge in [0.1, 0.15) is 6.17 Å². The number of nitrogens with one attached hydrogen (secondary N) is 1. The van der Waals surface area contributed by atoms with Gasteiger partial charge in [0.15, 0.2) is 0 Å². The minimum atomic E-state index is -2.92. The smallest absolute Gasteiger partial charge is 0.274 e. The van der Waals surface area contributed by atoms with E-state index in [1.165, 1.54) is 4.68 Å². The topological polar surface area (TPSA) is 46.9 Å². The summed E-state index contributed by atoms with van der Waals surface area (Å²) in [7, 11) is 1.55. The van der Waals surface area contributed by atoms with Crippen molar-refractivity contribution in [3.63, 3.8) is 0 Å². The van der Waals surface area contributed by atoms with Gasteiger partial charge in [0, 0.05) is 37.9 Å². The molecule has 0 bridgehead atoms. The van der Waals surface area contributed by atoms with Crippen LogP contribution < -0.4 is 10.9 Å². The molecular formula is C16H18F3N3O. The normalized spacial score (nSPS) is 24.0. The predicted molar refractivity (Wildman–Crippen MR) is 81.3 cm³/mol. The fraction of sp³-hybridized carbons (Fsp3) is 0.500. The molecule has 0 amide bonds. The van der Waals surface area contributed by atoms with Crippen LogP contribution in [0, 0.1) is 0 Å². The molecule has 1 N–H and O–H groups in total. The Labute approximate surface area is 131 Å². The first-order valence-corrected chi connectivity index (χ1v) is 7.57. The van der Waals surface area contributed by atoms with Gasteiger partial charge in [-0.15, -0.1) is 0 Å². The van der Waals surface area contributed by atoms with Gasteiger partial charge in [-0.2, -0.15) is 5.10 Å². The van der Waals surface area contributed by atoms with Crippen molar-refractivity contribution in [2.45, 2.75) is 43.9 Å². The molecule has 2 unspecified atom stereocenters. The van der Waals surface area contributed by atoms with E-state index in [1.807, 2.05) is 0 Å². The molecule has 1 heterocycles. The lowest BCUT2D eigenvalue weighted by atomic mass is 9.90. The number of fused-ring (bicyclic) bond motifs is 1. The number of halogens is 3. The van der Waals surface area contributed by atoms with Crippen LogP contribution in [0.5, 0.6) is 0 Å². The molecule has 1 aromatic heterocycles. The first kappa shape index (κ1) is 16.0. The summed E-state index contributed by atoms with van der Waals surface area (Å²) < 4.78 is 41.5. The van der Waals surface area contributed by atoms with Crippen LogP contribution in [0.2, 0.25) is 0 Å². The van der Waals surface area contributed by atoms with Crippen molar-refractivity contribution in [1.82, 2.24) is 15.1 Å². The van der Waals surface area contributed by atoms with E-state index in [0.717, 1.165) is 0 Å². The molecule has 0 aliphatic heterocycles. The maximum Gasteiger partial charge on any atom is 0.274 e. The predicted octanol–water partition coefficient (Wildman–Crippen LogP) is 2.55. The standard InChI is InChI=1S/C16H18F3N3O/c1-22-15(23)11-5-3-2-4-10(11)14(21-22)9-20-13-6-7-16(18,19)8-12(13)17/h2-5,12-13,20H,6-9H2,1H3. The maximum absolute atomic E-state index is 13.9. The SMILES string of the molecule is Cn1nc(CNC2CCC(F)(F)CC2F)c2ccccc2c1=O. The Balaban J connectivity index is 1.80. The summed E-state index contributed by atoms with van der Waals surface area (Å²) in [6.07, 6.45) is -2.56. The lowest BCUT2D eigenvalue weighted by Gasteiger charge is -2.32. The van der Waals surface area contributed by atoms with Gasteiger partial charge in [-0.05, 0) is 12.5 Å². The van der Waals surface area contributed by atoms with Crippen molar-refractivity contribution in [2.24, 2.45) is 7.05 Å². The number of aromatic nitrogens is 2. The maximum atomic E-state index is 13.9. The van der Waals surface area contributed by atoms with Crippen LogP contribution in [0.25, 0.3) is 10.8 Å². The Hall–Kier alpha value is -1.89. The van der Waals surface area contributed by atoms with Crippen molar-refractivity contribution < 1.29 is 13.2 Å². The molecule has 7 heteroatoms. The molecule has 0 radical (unpaired) electrons. The van der Waals surface area contributed by atoms with Crippen LogP contribution in [0.4, 0.5) is 13.2 Å². The molecule has 2 atom stereocenters. The Morgan fingerprint density at radius 3 is 2.74 bits per heavy atom. The average molecular weight is 325 g/mol. The fourth-order valence-electron chi connectivity index (χ4n) is 3.04. The van der Waals surface area contributed by atoms with E-state index in [1.54, 1.807) is 31.3 Å². The van der Waals surface area contributed by atoms with E-state index in [-0.39, 0.29) is 24.9 Å². The monoisotopic (exact) mass is 325 g/mol. The average Bonchev–Trinajstić information content (AvgIpc) is 2.50. The third-order valence-corrected chi connectivity index (χ3v) is 4.32. The molecule has 2 aromatic rings. The van der Waals surface area contributed by atoms with Crippen LogP contribution in [-0.4, -0.2) is 27.9 Å². The number of alkyl halides is 3. The van der Waals surface area contributed by atoms with Gasteiger partial charge in [0.2, 0.25) is 0 Å². The Morgan fingerprint density at radius 2 is 2.04 bits per heavy atom. The van der Waals surface area contributed by atoms with Gasteiger partial charge >= 0.3 is 0 Å². The van der Waals surface area contributed by atoms with Crippen molar-refractivity contribution in [2.75, 3.05) is 0 Å². The Morgan fingerprint density at radius 1 is 1.35 bits per heavy atom. The van der Waals surface area contributed by atoms with Crippen LogP contribution in [0.1, 0.15) is 25.0 Å². The molecule has 3 rings (SSSR count). The van der Waals surface area contributed by atoms with Gasteiger partial charge in [-0.25, -0.2) is 17.9 Å². The highest BCUT2D eigenvalue weighted by molar-refractivity contribution is 5.83. The largest absolute Gasteiger partial charge is 0.305 e. The highest BCUT2D eigenvalue weighted by Crippen LogP contribution is 2.35. The van der Waals surface area contributed by atoms with E-state index in [4.69, 9.17) is 0 Å². The lowest BCUT2D eigenvalue weighted by molar-refractivity contribution is -0.0679. The summed E-state index contributed by atoms with van der Waals surface area (Å²) in [4.78, 5) is 12.0. The van der Waals surface area contributed by atoms with E-state index >= 15 is 0 Å². The molecule has 0 saturated heterocycles. The van der Waals surface area contributed by atoms with Gasteiger partial charge in [-0.3, -0.25) is 4.79 Å². The van der Waals surface area contributed by atoms with Crippen molar-refractivity contribution >= 4 is 10.8 Å². The number of hydrogen-bond acceptors (Lipinski definition) is 3. The summed E-state index contributed by atoms with van der Waals surface area (Å²) in [6.45, 7) is 0.227. The Bertz CT molecular complexity index is 775. The number of hydrogen-bond donors (Lipinski definition) is 1. The first-order valence-electron chi connectivity index (χ1n) is 7.57. The lowest BCUT2D eigenvalue weighted by Crippen LogP contribution is -2.45. The van der Waals surface area contributed by atoms with Gasteiger partial charge < -0.3 is 5.32 Å². The van der Waals surface area contributed by atoms with E-state index in [9.17, 15) is 18.0 Å². The molecule has 1 aromatic carbocycles. The fourth-order valence-corrected chi connectivity index (χ4v) is 3.04. The second-order valence-corrected chi connectivity index (χ2v) is 6.02. The highest BCUT2D eigenvalue weighted by Gasteiger charge is 2.41. The van der Waals surface area contributed by atoms with E-state index < -0.39 is 24.6 Å². The Kier molecular flexibility index (Phi) is 4.14. The summed E-state index contributed by atoms with van der Waals surface area (Å²) in [5.41, 5.74) is 0.400. The van der Waals surface area contributed by atoms with Gasteiger partial charge in [0.05, 0.1) is 11.1 Å². The zero-order valence-electron chi connectivity index (χ0n) is 12.7. The van der Waals surface area contributed by atoms with E-state index in [2.05, 4.69) is 10.4 Å². The minimum absolute atomic E-state index is 0.0812. The summed E-state index contributed by atoms with van der Waals surface area (Å²) in [5.74, 6) is -2.92. The van der Waals surface area contributed by atoms with Crippen LogP contribution in [0.3, 0.4) is 0 Å². The highest BCUT2D eigenvalue weighted by atomic mass is 19.3. The number of aryl methyl sites for hydroxylation is 1. The van der Waals surface area contributed by atoms with Gasteiger partial charge in [0.25, 0.3) is 11.5 Å². The van der Waals surface area contributed by atoms with Crippen molar-refractivity contribution in [3.05, 3.63) is 40.3 Å². The molecule has 1 saturated carbocycles. The molecule has 0 spiro atoms. The first-order chi connectivity index (χ1) is 10.9. The number of rotatable bonds is 3. The minimum Gasteiger partial charge on any atom is -0.305 e. The molecule has 4 nitrogen and oxygen atoms in total. The summed E-state index contributed by atoms with van der Waals surface area (Å²) >= 11 is 0. The summed E-state index contributed by atoms with van der Waals surface area (Å²) in [5, 5.41) is 8.42. The third kappa shape index (κ3) is 3.24. The molecule has 124 valence electrons. The van der Waals surface area contributed by atoms with Crippen LogP contribution in [-0.2, 0) is 13.6 Å². The van der Waals surface area contributed by atoms with E-state index in [0.29, 0.717) is 16.5 Å². The molecule has 1 fully saturated rings. The summed E-state index contributed by atoms with van der Waals surface area (Å²) in [6, 6.07) is 6.44. The molecule has 23 heavy (non-hydrogen) atoms. The van der Waals surface area contributed by atoms with Crippen LogP contribution in [0.15, 0.2) is 29.1 Å². The molecular weight excluding hydrogens is 307 g/mol. The second-order valence-electron chi connectivity index (χ2n) is 6.02. The van der Waals surface area contributed by atoms with Crippen LogP contribution >= 0.6 is 0 Å². The zero-order valence-corrected chi connectivity index (χ0v) is 12.7. The van der Waals surface area contributed by atoms with Gasteiger partial charge in [-0.1, -0.05) is 18.2 Å². The number of benzene rings is 1. The quantitative estimate of drug-likeness (QED) is 0.943. The third-order valence-electron chi connectivity index (χ3n) is 4.32. The number of nitrogens with zero attached hydrogens (tertiary/aromatic N) is 2. The second kappa shape index (κ2) is 5.96. The molecule has 1 aliphatic carbocycles. The van der Waals surface area contributed by atoms with Crippen molar-refractivity contribution in [1.29, 1.82) is 0 Å². The van der Waals surface area contributed by atoms with Crippen molar-refractivity contribution in [3.8, 4) is 0 Å². The molecule has 1 aliphatic rings. The zero-order chi connectivity index (χ0) is 16.6.